The van der Waals surface area contributed by atoms with Gasteiger partial charge in [-0.05, 0) is 36.6 Å². The largest absolute Gasteiger partial charge is 0.345 e. The molecule has 1 saturated heterocycles. The van der Waals surface area contributed by atoms with Gasteiger partial charge in [-0.1, -0.05) is 13.8 Å². The van der Waals surface area contributed by atoms with Crippen molar-refractivity contribution >= 4 is 17.5 Å². The Bertz CT molecular complexity index is 545. The lowest BCUT2D eigenvalue weighted by atomic mass is 10.1. The summed E-state index contributed by atoms with van der Waals surface area (Å²) >= 11 is 0. The Kier molecular flexibility index (Phi) is 6.10. The fourth-order valence-corrected chi connectivity index (χ4v) is 2.77. The number of benzene rings is 1. The first kappa shape index (κ1) is 17.4. The van der Waals surface area contributed by atoms with E-state index < -0.39 is 0 Å². The van der Waals surface area contributed by atoms with Crippen LogP contribution in [-0.4, -0.2) is 37.5 Å². The van der Waals surface area contributed by atoms with Crippen molar-refractivity contribution in [3.05, 3.63) is 30.1 Å². The Morgan fingerprint density at radius 3 is 2.74 bits per heavy atom. The van der Waals surface area contributed by atoms with E-state index in [9.17, 15) is 14.0 Å². The molecular weight excluding hydrogens is 297 g/mol. The second-order valence-electron chi connectivity index (χ2n) is 6.44. The molecule has 1 aliphatic rings. The number of carbonyl (C=O) groups is 2. The minimum Gasteiger partial charge on any atom is -0.345 e. The third-order valence-corrected chi connectivity index (χ3v) is 4.11. The molecule has 2 rings (SSSR count). The molecule has 23 heavy (non-hydrogen) atoms. The fourth-order valence-electron chi connectivity index (χ4n) is 2.77. The zero-order valence-electron chi connectivity index (χ0n) is 13.7. The van der Waals surface area contributed by atoms with Gasteiger partial charge in [0, 0.05) is 5.69 Å². The molecule has 2 amide bonds. The highest BCUT2D eigenvalue weighted by atomic mass is 19.1. The number of hydrogen-bond donors (Lipinski definition) is 3. The molecule has 2 atom stereocenters. The van der Waals surface area contributed by atoms with Crippen molar-refractivity contribution in [3.8, 4) is 0 Å². The van der Waals surface area contributed by atoms with Gasteiger partial charge in [0.25, 0.3) is 5.91 Å². The van der Waals surface area contributed by atoms with E-state index in [2.05, 4.69) is 24.5 Å². The van der Waals surface area contributed by atoms with Gasteiger partial charge in [0.2, 0.25) is 5.91 Å². The minimum atomic E-state index is -0.358. The first-order valence-corrected chi connectivity index (χ1v) is 8.13. The summed E-state index contributed by atoms with van der Waals surface area (Å²) in [5.41, 5.74) is 0.538. The third-order valence-electron chi connectivity index (χ3n) is 4.11. The number of halogens is 1. The van der Waals surface area contributed by atoms with E-state index in [1.165, 1.54) is 24.3 Å². The van der Waals surface area contributed by atoms with Gasteiger partial charge < -0.3 is 15.5 Å². The van der Waals surface area contributed by atoms with Gasteiger partial charge in [-0.3, -0.25) is 9.59 Å². The van der Waals surface area contributed by atoms with E-state index in [1.54, 1.807) is 0 Å². The number of piperazine rings is 1. The summed E-state index contributed by atoms with van der Waals surface area (Å²) in [5, 5.41) is 5.56. The summed E-state index contributed by atoms with van der Waals surface area (Å²) in [5.74, 6) is -0.0647. The lowest BCUT2D eigenvalue weighted by Gasteiger charge is -2.32. The molecule has 0 spiro atoms. The van der Waals surface area contributed by atoms with E-state index in [0.717, 1.165) is 24.4 Å². The normalized spacial score (nSPS) is 21.1. The van der Waals surface area contributed by atoms with Crippen LogP contribution in [0.5, 0.6) is 0 Å². The average Bonchev–Trinajstić information content (AvgIpc) is 2.50. The van der Waals surface area contributed by atoms with Crippen molar-refractivity contribution < 1.29 is 18.9 Å². The number of anilines is 1. The quantitative estimate of drug-likeness (QED) is 0.718. The minimum absolute atomic E-state index is 0.0655. The van der Waals surface area contributed by atoms with Crippen molar-refractivity contribution in [2.45, 2.75) is 32.7 Å². The Hall–Kier alpha value is -1.95. The highest BCUT2D eigenvalue weighted by molar-refractivity contribution is 5.94. The molecule has 126 valence electrons. The molecule has 1 aromatic carbocycles. The average molecular weight is 322 g/mol. The van der Waals surface area contributed by atoms with Crippen molar-refractivity contribution in [1.82, 2.24) is 5.32 Å². The van der Waals surface area contributed by atoms with Gasteiger partial charge >= 0.3 is 0 Å². The highest BCUT2D eigenvalue weighted by Gasteiger charge is 2.35. The van der Waals surface area contributed by atoms with Crippen LogP contribution in [0, 0.1) is 11.7 Å². The lowest BCUT2D eigenvalue weighted by Crippen LogP contribution is -3.19. The molecule has 1 unspecified atom stereocenters. The zero-order valence-corrected chi connectivity index (χ0v) is 13.7. The molecule has 6 heteroatoms. The molecular formula is C17H25FN3O2+. The van der Waals surface area contributed by atoms with E-state index in [1.807, 2.05) is 0 Å². The number of rotatable bonds is 6. The summed E-state index contributed by atoms with van der Waals surface area (Å²) < 4.78 is 12.9. The molecule has 1 heterocycles. The van der Waals surface area contributed by atoms with E-state index in [0.29, 0.717) is 18.2 Å². The molecule has 0 aromatic heterocycles. The van der Waals surface area contributed by atoms with Crippen molar-refractivity contribution in [3.63, 3.8) is 0 Å². The smallest absolute Gasteiger partial charge is 0.279 e. The molecule has 3 N–H and O–H groups in total. The van der Waals surface area contributed by atoms with Crippen molar-refractivity contribution in [2.75, 3.05) is 25.0 Å². The fraction of sp³-hybridized carbons (Fsp3) is 0.529. The summed E-state index contributed by atoms with van der Waals surface area (Å²) in [6.45, 7) is 6.69. The highest BCUT2D eigenvalue weighted by Crippen LogP contribution is 2.09. The molecule has 0 saturated carbocycles. The Morgan fingerprint density at radius 1 is 1.39 bits per heavy atom. The molecule has 1 aromatic rings. The van der Waals surface area contributed by atoms with Crippen LogP contribution >= 0.6 is 0 Å². The van der Waals surface area contributed by atoms with Crippen LogP contribution in [0.25, 0.3) is 0 Å². The Morgan fingerprint density at radius 2 is 2.09 bits per heavy atom. The first-order valence-electron chi connectivity index (χ1n) is 8.13. The maximum atomic E-state index is 12.9. The number of quaternary nitrogens is 1. The topological polar surface area (TPSA) is 62.6 Å². The van der Waals surface area contributed by atoms with Gasteiger partial charge in [0.15, 0.2) is 6.04 Å². The summed E-state index contributed by atoms with van der Waals surface area (Å²) in [6.07, 6.45) is 1.16. The van der Waals surface area contributed by atoms with Gasteiger partial charge in [-0.2, -0.15) is 0 Å². The zero-order chi connectivity index (χ0) is 16.8. The number of hydrogen-bond acceptors (Lipinski definition) is 2. The van der Waals surface area contributed by atoms with Crippen molar-refractivity contribution in [2.24, 2.45) is 5.92 Å². The monoisotopic (exact) mass is 322 g/mol. The first-order chi connectivity index (χ1) is 11.0. The summed E-state index contributed by atoms with van der Waals surface area (Å²) in [6, 6.07) is 5.25. The molecule has 0 aliphatic carbocycles. The van der Waals surface area contributed by atoms with Crippen LogP contribution in [0.4, 0.5) is 10.1 Å². The lowest BCUT2D eigenvalue weighted by molar-refractivity contribution is -0.917. The maximum absolute atomic E-state index is 12.9. The molecule has 5 nitrogen and oxygen atoms in total. The van der Waals surface area contributed by atoms with Crippen molar-refractivity contribution in [1.29, 1.82) is 0 Å². The molecule has 0 bridgehead atoms. The second-order valence-corrected chi connectivity index (χ2v) is 6.44. The van der Waals surface area contributed by atoms with Crippen LogP contribution in [0.15, 0.2) is 24.3 Å². The standard InChI is InChI=1S/C17H24FN3O2/c1-12(2)7-9-21-10-8-19-17(23)15(21)11-16(22)20-14-5-3-13(18)4-6-14/h3-6,12,15H,7-11H2,1-2H3,(H,19,23)(H,20,22)/p+1/t15-/m0/s1. The second kappa shape index (κ2) is 8.06. The van der Waals surface area contributed by atoms with E-state index >= 15 is 0 Å². The van der Waals surface area contributed by atoms with Gasteiger partial charge in [-0.25, -0.2) is 4.39 Å². The molecule has 1 fully saturated rings. The van der Waals surface area contributed by atoms with Crippen LogP contribution in [-0.2, 0) is 9.59 Å². The van der Waals surface area contributed by atoms with Crippen LogP contribution in [0.2, 0.25) is 0 Å². The van der Waals surface area contributed by atoms with E-state index in [4.69, 9.17) is 0 Å². The van der Waals surface area contributed by atoms with E-state index in [-0.39, 0.29) is 30.1 Å². The SMILES string of the molecule is CC(C)CC[NH+]1CCNC(=O)[C@@H]1CC(=O)Nc1ccc(F)cc1. The Labute approximate surface area is 136 Å². The maximum Gasteiger partial charge on any atom is 0.279 e. The number of amides is 2. The Balaban J connectivity index is 1.94. The molecule has 1 aliphatic heterocycles. The predicted molar refractivity (Wildman–Crippen MR) is 86.6 cm³/mol. The van der Waals surface area contributed by atoms with Gasteiger partial charge in [0.1, 0.15) is 5.82 Å². The third kappa shape index (κ3) is 5.32. The predicted octanol–water partition coefficient (Wildman–Crippen LogP) is 0.584. The van der Waals surface area contributed by atoms with Crippen LogP contribution in [0.3, 0.4) is 0 Å². The number of carbonyl (C=O) groups excluding carboxylic acids is 2. The summed E-state index contributed by atoms with van der Waals surface area (Å²) in [4.78, 5) is 25.5. The number of nitrogens with one attached hydrogen (secondary N) is 3. The summed E-state index contributed by atoms with van der Waals surface area (Å²) in [7, 11) is 0. The molecule has 0 radical (unpaired) electrons. The van der Waals surface area contributed by atoms with Gasteiger partial charge in [-0.15, -0.1) is 0 Å². The van der Waals surface area contributed by atoms with Gasteiger partial charge in [0.05, 0.1) is 26.1 Å². The van der Waals surface area contributed by atoms with Crippen LogP contribution in [0.1, 0.15) is 26.7 Å². The van der Waals surface area contributed by atoms with Crippen LogP contribution < -0.4 is 15.5 Å².